The van der Waals surface area contributed by atoms with Gasteiger partial charge in [-0.1, -0.05) is 0 Å². The number of aromatic nitrogens is 4. The Labute approximate surface area is 87.7 Å². The van der Waals surface area contributed by atoms with Crippen LogP contribution in [0.4, 0.5) is 19.1 Å². The highest BCUT2D eigenvalue weighted by Crippen LogP contribution is 2.28. The van der Waals surface area contributed by atoms with Crippen LogP contribution in [0, 0.1) is 0 Å². The molecule has 0 bridgehead atoms. The standard InChI is InChI=1S/C8H6F3N5/c9-8(10,11)5-1-2-6(13-3-5)16-4-14-7(12)15-16/h1-4H,(H2,12,15). The molecule has 0 aromatic carbocycles. The van der Waals surface area contributed by atoms with Gasteiger partial charge in [0.1, 0.15) is 6.33 Å². The van der Waals surface area contributed by atoms with Gasteiger partial charge in [0.15, 0.2) is 5.82 Å². The first kappa shape index (κ1) is 10.4. The first-order chi connectivity index (χ1) is 7.47. The Kier molecular flexibility index (Phi) is 2.26. The molecule has 84 valence electrons. The molecule has 8 heteroatoms. The lowest BCUT2D eigenvalue weighted by atomic mass is 10.3. The maximum absolute atomic E-state index is 12.2. The second kappa shape index (κ2) is 3.47. The van der Waals surface area contributed by atoms with Gasteiger partial charge >= 0.3 is 6.18 Å². The van der Waals surface area contributed by atoms with E-state index in [0.717, 1.165) is 12.3 Å². The average Bonchev–Trinajstić information content (AvgIpc) is 2.64. The molecule has 0 fully saturated rings. The van der Waals surface area contributed by atoms with Crippen LogP contribution in [0.2, 0.25) is 0 Å². The zero-order chi connectivity index (χ0) is 11.8. The highest BCUT2D eigenvalue weighted by Gasteiger charge is 2.30. The number of pyridine rings is 1. The fraction of sp³-hybridized carbons (Fsp3) is 0.125. The fourth-order valence-corrected chi connectivity index (χ4v) is 1.08. The summed E-state index contributed by atoms with van der Waals surface area (Å²) >= 11 is 0. The number of anilines is 1. The van der Waals surface area contributed by atoms with Crippen molar-refractivity contribution in [2.75, 3.05) is 5.73 Å². The van der Waals surface area contributed by atoms with Crippen molar-refractivity contribution >= 4 is 5.95 Å². The van der Waals surface area contributed by atoms with Crippen LogP contribution in [0.15, 0.2) is 24.7 Å². The molecular weight excluding hydrogens is 223 g/mol. The van der Waals surface area contributed by atoms with Gasteiger partial charge in [-0.15, -0.1) is 5.10 Å². The van der Waals surface area contributed by atoms with Gasteiger partial charge in [-0.25, -0.2) is 14.6 Å². The molecular formula is C8H6F3N5. The lowest BCUT2D eigenvalue weighted by Gasteiger charge is -2.06. The number of nitrogens with two attached hydrogens (primary N) is 1. The van der Waals surface area contributed by atoms with Crippen LogP contribution >= 0.6 is 0 Å². The minimum absolute atomic E-state index is 0.0293. The number of nitrogen functional groups attached to an aromatic ring is 1. The van der Waals surface area contributed by atoms with Crippen LogP contribution in [0.3, 0.4) is 0 Å². The zero-order valence-corrected chi connectivity index (χ0v) is 7.81. The zero-order valence-electron chi connectivity index (χ0n) is 7.81. The third kappa shape index (κ3) is 1.95. The Hall–Kier alpha value is -2.12. The van der Waals surface area contributed by atoms with E-state index in [1.165, 1.54) is 17.1 Å². The molecule has 0 spiro atoms. The minimum Gasteiger partial charge on any atom is -0.366 e. The first-order valence-corrected chi connectivity index (χ1v) is 4.17. The number of rotatable bonds is 1. The summed E-state index contributed by atoms with van der Waals surface area (Å²) in [6.07, 6.45) is -2.40. The van der Waals surface area contributed by atoms with E-state index in [-0.39, 0.29) is 11.8 Å². The molecule has 2 N–H and O–H groups in total. The number of hydrogen-bond acceptors (Lipinski definition) is 4. The van der Waals surface area contributed by atoms with Crippen LogP contribution in [0.1, 0.15) is 5.56 Å². The number of hydrogen-bond donors (Lipinski definition) is 1. The third-order valence-electron chi connectivity index (χ3n) is 1.82. The third-order valence-corrected chi connectivity index (χ3v) is 1.82. The highest BCUT2D eigenvalue weighted by atomic mass is 19.4. The molecule has 5 nitrogen and oxygen atoms in total. The van der Waals surface area contributed by atoms with Crippen LogP contribution in [-0.4, -0.2) is 19.7 Å². The van der Waals surface area contributed by atoms with E-state index in [0.29, 0.717) is 0 Å². The first-order valence-electron chi connectivity index (χ1n) is 4.17. The fourth-order valence-electron chi connectivity index (χ4n) is 1.08. The maximum atomic E-state index is 12.2. The summed E-state index contributed by atoms with van der Waals surface area (Å²) in [4.78, 5) is 7.25. The van der Waals surface area contributed by atoms with Crippen molar-refractivity contribution in [2.45, 2.75) is 6.18 Å². The minimum atomic E-state index is -4.40. The Bertz CT molecular complexity index is 487. The topological polar surface area (TPSA) is 69.6 Å². The molecule has 0 unspecified atom stereocenters. The average molecular weight is 229 g/mol. The van der Waals surface area contributed by atoms with Gasteiger partial charge in [0.25, 0.3) is 0 Å². The lowest BCUT2D eigenvalue weighted by Crippen LogP contribution is -2.07. The van der Waals surface area contributed by atoms with Crippen molar-refractivity contribution in [2.24, 2.45) is 0 Å². The van der Waals surface area contributed by atoms with E-state index in [1.807, 2.05) is 0 Å². The van der Waals surface area contributed by atoms with E-state index < -0.39 is 11.7 Å². The van der Waals surface area contributed by atoms with E-state index in [9.17, 15) is 13.2 Å². The largest absolute Gasteiger partial charge is 0.417 e. The van der Waals surface area contributed by atoms with Crippen LogP contribution in [0.25, 0.3) is 5.82 Å². The van der Waals surface area contributed by atoms with E-state index in [2.05, 4.69) is 15.1 Å². The summed E-state index contributed by atoms with van der Waals surface area (Å²) < 4.78 is 37.9. The number of nitrogens with zero attached hydrogens (tertiary/aromatic N) is 4. The summed E-state index contributed by atoms with van der Waals surface area (Å²) in [6.45, 7) is 0. The maximum Gasteiger partial charge on any atom is 0.417 e. The molecule has 2 rings (SSSR count). The Morgan fingerprint density at radius 2 is 1.94 bits per heavy atom. The Morgan fingerprint density at radius 3 is 2.38 bits per heavy atom. The molecule has 2 aromatic rings. The summed E-state index contributed by atoms with van der Waals surface area (Å²) in [5.74, 6) is 0.249. The van der Waals surface area contributed by atoms with Gasteiger partial charge in [-0.3, -0.25) is 0 Å². The molecule has 0 saturated carbocycles. The Morgan fingerprint density at radius 1 is 1.19 bits per heavy atom. The molecule has 2 aromatic heterocycles. The molecule has 16 heavy (non-hydrogen) atoms. The number of alkyl halides is 3. The van der Waals surface area contributed by atoms with Gasteiger partial charge in [-0.05, 0) is 12.1 Å². The second-order valence-electron chi connectivity index (χ2n) is 2.95. The van der Waals surface area contributed by atoms with E-state index >= 15 is 0 Å². The van der Waals surface area contributed by atoms with E-state index in [1.54, 1.807) is 0 Å². The highest BCUT2D eigenvalue weighted by molar-refractivity contribution is 5.26. The van der Waals surface area contributed by atoms with Crippen LogP contribution in [0.5, 0.6) is 0 Å². The molecule has 0 aliphatic rings. The predicted molar refractivity (Wildman–Crippen MR) is 48.6 cm³/mol. The second-order valence-corrected chi connectivity index (χ2v) is 2.95. The summed E-state index contributed by atoms with van der Waals surface area (Å²) in [7, 11) is 0. The molecule has 0 saturated heterocycles. The molecule has 0 atom stereocenters. The van der Waals surface area contributed by atoms with Gasteiger partial charge in [0.2, 0.25) is 5.95 Å². The number of halogens is 3. The SMILES string of the molecule is Nc1ncn(-c2ccc(C(F)(F)F)cn2)n1. The smallest absolute Gasteiger partial charge is 0.366 e. The van der Waals surface area contributed by atoms with Crippen molar-refractivity contribution in [1.82, 2.24) is 19.7 Å². The predicted octanol–water partition coefficient (Wildman–Crippen LogP) is 1.26. The van der Waals surface area contributed by atoms with Gasteiger partial charge in [-0.2, -0.15) is 13.2 Å². The van der Waals surface area contributed by atoms with Crippen molar-refractivity contribution in [3.8, 4) is 5.82 Å². The quantitative estimate of drug-likeness (QED) is 0.799. The molecule has 2 heterocycles. The van der Waals surface area contributed by atoms with Crippen molar-refractivity contribution in [3.63, 3.8) is 0 Å². The van der Waals surface area contributed by atoms with Gasteiger partial charge < -0.3 is 5.73 Å². The molecule has 0 radical (unpaired) electrons. The monoisotopic (exact) mass is 229 g/mol. The van der Waals surface area contributed by atoms with Crippen LogP contribution < -0.4 is 5.73 Å². The van der Waals surface area contributed by atoms with Crippen molar-refractivity contribution in [1.29, 1.82) is 0 Å². The summed E-state index contributed by atoms with van der Waals surface area (Å²) in [5, 5.41) is 3.71. The molecule has 0 amide bonds. The lowest BCUT2D eigenvalue weighted by molar-refractivity contribution is -0.137. The van der Waals surface area contributed by atoms with Crippen molar-refractivity contribution in [3.05, 3.63) is 30.2 Å². The Balaban J connectivity index is 2.33. The van der Waals surface area contributed by atoms with Gasteiger partial charge in [0.05, 0.1) is 5.56 Å². The molecule has 0 aliphatic heterocycles. The molecule has 0 aliphatic carbocycles. The van der Waals surface area contributed by atoms with E-state index in [4.69, 9.17) is 5.73 Å². The summed E-state index contributed by atoms with van der Waals surface area (Å²) in [5.41, 5.74) is 4.45. The normalized spacial score (nSPS) is 11.7. The van der Waals surface area contributed by atoms with Crippen LogP contribution in [-0.2, 0) is 6.18 Å². The van der Waals surface area contributed by atoms with Gasteiger partial charge in [0, 0.05) is 6.20 Å². The summed E-state index contributed by atoms with van der Waals surface area (Å²) in [6, 6.07) is 2.11. The van der Waals surface area contributed by atoms with Crippen molar-refractivity contribution < 1.29 is 13.2 Å².